The molecule has 0 atom stereocenters. The molecule has 1 aromatic rings. The molecule has 0 aliphatic heterocycles. The van der Waals surface area contributed by atoms with Crippen LogP contribution in [0.4, 0.5) is 10.5 Å². The summed E-state index contributed by atoms with van der Waals surface area (Å²) in [5.41, 5.74) is 0.455. The van der Waals surface area contributed by atoms with Gasteiger partial charge in [-0.1, -0.05) is 13.3 Å². The van der Waals surface area contributed by atoms with Gasteiger partial charge in [0, 0.05) is 12.2 Å². The van der Waals surface area contributed by atoms with Crippen LogP contribution in [0.3, 0.4) is 0 Å². The molecule has 2 amide bonds. The fourth-order valence-corrected chi connectivity index (χ4v) is 1.74. The molecule has 1 aromatic carbocycles. The molecule has 0 spiro atoms. The number of rotatable bonds is 5. The Morgan fingerprint density at radius 3 is 2.32 bits per heavy atom. The van der Waals surface area contributed by atoms with E-state index in [1.807, 2.05) is 6.92 Å². The number of benzene rings is 1. The van der Waals surface area contributed by atoms with E-state index in [0.29, 0.717) is 12.2 Å². The molecular weight excluding hydrogens is 279 g/mol. The van der Waals surface area contributed by atoms with E-state index in [1.165, 1.54) is 24.3 Å². The molecule has 0 heterocycles. The molecule has 0 saturated heterocycles. The van der Waals surface area contributed by atoms with E-state index in [0.717, 1.165) is 12.8 Å². The average molecular weight is 296 g/mol. The van der Waals surface area contributed by atoms with Crippen molar-refractivity contribution in [1.82, 2.24) is 5.32 Å². The van der Waals surface area contributed by atoms with E-state index in [1.54, 1.807) is 0 Å². The summed E-state index contributed by atoms with van der Waals surface area (Å²) in [6, 6.07) is 4.90. The summed E-state index contributed by atoms with van der Waals surface area (Å²) in [6.07, 6.45) is 1.89. The molecule has 0 bridgehead atoms. The molecule has 102 valence electrons. The molecule has 3 N–H and O–H groups in total. The van der Waals surface area contributed by atoms with Gasteiger partial charge in [0.05, 0.1) is 4.90 Å². The van der Waals surface area contributed by atoms with Crippen LogP contribution in [0.15, 0.2) is 29.2 Å². The minimum atomic E-state index is -4.19. The van der Waals surface area contributed by atoms with Crippen molar-refractivity contribution in [2.45, 2.75) is 24.7 Å². The summed E-state index contributed by atoms with van der Waals surface area (Å²) >= 11 is 0. The van der Waals surface area contributed by atoms with Gasteiger partial charge < -0.3 is 10.6 Å². The van der Waals surface area contributed by atoms with Gasteiger partial charge in [-0.05, 0) is 30.7 Å². The first kappa shape index (κ1) is 18.4. The van der Waals surface area contributed by atoms with Crippen molar-refractivity contribution in [2.75, 3.05) is 11.9 Å². The van der Waals surface area contributed by atoms with Crippen molar-refractivity contribution in [3.05, 3.63) is 24.3 Å². The molecule has 0 saturated carbocycles. The topological polar surface area (TPSA) is 95.5 Å². The number of carbonyl (C=O) groups excluding carboxylic acids is 1. The van der Waals surface area contributed by atoms with Crippen molar-refractivity contribution in [1.29, 1.82) is 0 Å². The van der Waals surface area contributed by atoms with Gasteiger partial charge in [0.15, 0.2) is 0 Å². The molecule has 0 fully saturated rings. The number of nitrogens with one attached hydrogen (secondary N) is 2. The van der Waals surface area contributed by atoms with Crippen LogP contribution in [0, 0.1) is 0 Å². The molecular formula is C11H17N2NaO4S. The van der Waals surface area contributed by atoms with Gasteiger partial charge in [-0.15, -0.1) is 0 Å². The van der Waals surface area contributed by atoms with E-state index in [-0.39, 0.29) is 40.5 Å². The first-order valence-electron chi connectivity index (χ1n) is 5.56. The van der Waals surface area contributed by atoms with Crippen molar-refractivity contribution < 1.29 is 17.8 Å². The summed E-state index contributed by atoms with van der Waals surface area (Å²) in [5.74, 6) is 0. The molecule has 0 radical (unpaired) electrons. The second-order valence-corrected chi connectivity index (χ2v) is 5.16. The predicted octanol–water partition coefficient (Wildman–Crippen LogP) is 1.21. The molecule has 19 heavy (non-hydrogen) atoms. The number of hydrogen-bond donors (Lipinski definition) is 3. The maximum atomic E-state index is 11.4. The molecule has 0 aliphatic carbocycles. The number of carbonyl (C=O) groups is 1. The molecule has 0 unspecified atom stereocenters. The Morgan fingerprint density at radius 1 is 1.26 bits per heavy atom. The van der Waals surface area contributed by atoms with Crippen LogP contribution in [0.25, 0.3) is 0 Å². The molecule has 0 aromatic heterocycles. The van der Waals surface area contributed by atoms with Gasteiger partial charge in [0.1, 0.15) is 0 Å². The average Bonchev–Trinajstić information content (AvgIpc) is 2.29. The third-order valence-electron chi connectivity index (χ3n) is 2.23. The third kappa shape index (κ3) is 6.93. The van der Waals surface area contributed by atoms with Gasteiger partial charge >= 0.3 is 35.6 Å². The summed E-state index contributed by atoms with van der Waals surface area (Å²) in [4.78, 5) is 11.2. The first-order chi connectivity index (χ1) is 8.43. The Hall–Kier alpha value is -0.600. The maximum absolute atomic E-state index is 11.4. The normalized spacial score (nSPS) is 10.4. The van der Waals surface area contributed by atoms with Gasteiger partial charge in [0.2, 0.25) is 0 Å². The molecule has 6 nitrogen and oxygen atoms in total. The summed E-state index contributed by atoms with van der Waals surface area (Å²) in [7, 11) is -4.19. The van der Waals surface area contributed by atoms with Crippen LogP contribution in [0.1, 0.15) is 19.8 Å². The number of urea groups is 1. The number of amides is 2. The van der Waals surface area contributed by atoms with E-state index in [9.17, 15) is 13.2 Å². The van der Waals surface area contributed by atoms with Gasteiger partial charge in [0.25, 0.3) is 10.1 Å². The zero-order chi connectivity index (χ0) is 13.6. The SMILES string of the molecule is CCCCNC(=O)Nc1ccc(S(=O)(=O)O)cc1.[NaH]. The Morgan fingerprint density at radius 2 is 1.84 bits per heavy atom. The van der Waals surface area contributed by atoms with Crippen molar-refractivity contribution >= 4 is 51.4 Å². The summed E-state index contributed by atoms with van der Waals surface area (Å²) in [5, 5.41) is 5.21. The summed E-state index contributed by atoms with van der Waals surface area (Å²) < 4.78 is 30.4. The number of anilines is 1. The molecule has 1 rings (SSSR count). The monoisotopic (exact) mass is 296 g/mol. The second kappa shape index (κ2) is 8.55. The van der Waals surface area contributed by atoms with E-state index in [2.05, 4.69) is 10.6 Å². The van der Waals surface area contributed by atoms with Crippen molar-refractivity contribution in [3.8, 4) is 0 Å². The van der Waals surface area contributed by atoms with Crippen LogP contribution in [0.2, 0.25) is 0 Å². The van der Waals surface area contributed by atoms with Crippen LogP contribution < -0.4 is 10.6 Å². The minimum absolute atomic E-state index is 0. The fourth-order valence-electron chi connectivity index (χ4n) is 1.26. The second-order valence-electron chi connectivity index (χ2n) is 3.73. The standard InChI is InChI=1S/C11H16N2O4S.Na.H/c1-2-3-8-12-11(14)13-9-4-6-10(7-5-9)18(15,16)17;;/h4-7H,2-3,8H2,1H3,(H2,12,13,14)(H,15,16,17);;. The van der Waals surface area contributed by atoms with E-state index < -0.39 is 10.1 Å². The van der Waals surface area contributed by atoms with E-state index >= 15 is 0 Å². The quantitative estimate of drug-likeness (QED) is 0.432. The zero-order valence-corrected chi connectivity index (χ0v) is 10.8. The number of unbranched alkanes of at least 4 members (excludes halogenated alkanes) is 1. The Balaban J connectivity index is 0.00000324. The van der Waals surface area contributed by atoms with Crippen LogP contribution in [0.5, 0.6) is 0 Å². The third-order valence-corrected chi connectivity index (χ3v) is 3.09. The van der Waals surface area contributed by atoms with Crippen LogP contribution >= 0.6 is 0 Å². The Labute approximate surface area is 135 Å². The van der Waals surface area contributed by atoms with Crippen molar-refractivity contribution in [2.24, 2.45) is 0 Å². The van der Waals surface area contributed by atoms with Crippen LogP contribution in [-0.4, -0.2) is 55.1 Å². The zero-order valence-electron chi connectivity index (χ0n) is 10.0. The predicted molar refractivity (Wildman–Crippen MR) is 75.3 cm³/mol. The number of hydrogen-bond acceptors (Lipinski definition) is 3. The Bertz CT molecular complexity index is 502. The first-order valence-corrected chi connectivity index (χ1v) is 7.00. The Kier molecular flexibility index (Phi) is 8.28. The van der Waals surface area contributed by atoms with Gasteiger partial charge in [-0.2, -0.15) is 8.42 Å². The fraction of sp³-hybridized carbons (Fsp3) is 0.364. The van der Waals surface area contributed by atoms with Gasteiger partial charge in [-0.25, -0.2) is 4.79 Å². The molecule has 8 heteroatoms. The van der Waals surface area contributed by atoms with Gasteiger partial charge in [-0.3, -0.25) is 4.55 Å². The van der Waals surface area contributed by atoms with Crippen LogP contribution in [-0.2, 0) is 10.1 Å². The molecule has 0 aliphatic rings. The van der Waals surface area contributed by atoms with E-state index in [4.69, 9.17) is 4.55 Å². The summed E-state index contributed by atoms with van der Waals surface area (Å²) in [6.45, 7) is 2.61. The van der Waals surface area contributed by atoms with Crippen molar-refractivity contribution in [3.63, 3.8) is 0 Å².